The molecule has 0 saturated carbocycles. The summed E-state index contributed by atoms with van der Waals surface area (Å²) < 4.78 is 5.71. The molecule has 0 aliphatic heterocycles. The molecule has 140 valence electrons. The van der Waals surface area contributed by atoms with Crippen molar-refractivity contribution in [2.75, 3.05) is 18.5 Å². The largest absolute Gasteiger partial charge is 0.456 e. The average Bonchev–Trinajstić information content (AvgIpc) is 2.65. The van der Waals surface area contributed by atoms with E-state index < -0.39 is 24.3 Å². The molecule has 0 atom stereocenters. The first-order valence-electron chi connectivity index (χ1n) is 7.95. The molecule has 7 nitrogen and oxygen atoms in total. The predicted octanol–water partition coefficient (Wildman–Crippen LogP) is 2.56. The molecular weight excluding hydrogens is 416 g/mol. The summed E-state index contributed by atoms with van der Waals surface area (Å²) in [4.78, 5) is 46.6. The maximum atomic E-state index is 12.0. The molecule has 2 aromatic rings. The first kappa shape index (κ1) is 20.3. The highest BCUT2D eigenvalue weighted by Gasteiger charge is 2.12. The molecule has 2 rings (SSSR count). The first-order valence-corrected chi connectivity index (χ1v) is 8.74. The van der Waals surface area contributed by atoms with Crippen LogP contribution in [0.2, 0.25) is 0 Å². The number of amides is 2. The molecule has 8 heteroatoms. The number of anilines is 1. The monoisotopic (exact) mass is 432 g/mol. The number of Topliss-reactive ketones (excluding diaryl/α,β-unsaturated/α-hetero) is 1. The third-order valence-corrected chi connectivity index (χ3v) is 3.92. The van der Waals surface area contributed by atoms with Gasteiger partial charge in [-0.2, -0.15) is 0 Å². The third-order valence-electron chi connectivity index (χ3n) is 3.39. The van der Waals surface area contributed by atoms with Crippen molar-refractivity contribution in [2.45, 2.75) is 6.92 Å². The zero-order chi connectivity index (χ0) is 19.8. The molecule has 2 amide bonds. The smallest absolute Gasteiger partial charge is 0.325 e. The number of ketones is 1. The molecule has 2 N–H and O–H groups in total. The molecule has 0 spiro atoms. The van der Waals surface area contributed by atoms with Gasteiger partial charge in [-0.3, -0.25) is 19.2 Å². The van der Waals surface area contributed by atoms with Crippen molar-refractivity contribution in [1.29, 1.82) is 0 Å². The molecule has 0 saturated heterocycles. The van der Waals surface area contributed by atoms with E-state index in [2.05, 4.69) is 26.6 Å². The van der Waals surface area contributed by atoms with Crippen LogP contribution in [0.25, 0.3) is 0 Å². The topological polar surface area (TPSA) is 102 Å². The Hall–Kier alpha value is -3.00. The van der Waals surface area contributed by atoms with Crippen LogP contribution in [0.15, 0.2) is 53.0 Å². The molecule has 0 aliphatic rings. The lowest BCUT2D eigenvalue weighted by molar-refractivity contribution is -0.141. The maximum Gasteiger partial charge on any atom is 0.325 e. The second-order valence-corrected chi connectivity index (χ2v) is 6.45. The van der Waals surface area contributed by atoms with Crippen LogP contribution in [-0.4, -0.2) is 36.7 Å². The van der Waals surface area contributed by atoms with Crippen LogP contribution in [0.3, 0.4) is 0 Å². The maximum absolute atomic E-state index is 12.0. The third kappa shape index (κ3) is 6.67. The Bertz CT molecular complexity index is 847. The minimum Gasteiger partial charge on any atom is -0.456 e. The van der Waals surface area contributed by atoms with Crippen molar-refractivity contribution in [3.05, 3.63) is 64.1 Å². The molecule has 27 heavy (non-hydrogen) atoms. The van der Waals surface area contributed by atoms with Crippen LogP contribution in [0, 0.1) is 0 Å². The van der Waals surface area contributed by atoms with Gasteiger partial charge in [-0.1, -0.05) is 15.9 Å². The molecule has 0 aromatic heterocycles. The Morgan fingerprint density at radius 2 is 1.52 bits per heavy atom. The molecular formula is C19H17BrN2O5. The lowest BCUT2D eigenvalue weighted by Crippen LogP contribution is -2.31. The van der Waals surface area contributed by atoms with Gasteiger partial charge in [-0.25, -0.2) is 0 Å². The van der Waals surface area contributed by atoms with Crippen molar-refractivity contribution >= 4 is 45.2 Å². The summed E-state index contributed by atoms with van der Waals surface area (Å²) in [6, 6.07) is 12.8. The van der Waals surface area contributed by atoms with E-state index >= 15 is 0 Å². The minimum atomic E-state index is -0.719. The van der Waals surface area contributed by atoms with E-state index in [1.54, 1.807) is 36.4 Å². The molecule has 0 heterocycles. The second kappa shape index (κ2) is 9.63. The van der Waals surface area contributed by atoms with E-state index in [1.165, 1.54) is 19.1 Å². The number of carbonyl (C=O) groups is 4. The van der Waals surface area contributed by atoms with Crippen molar-refractivity contribution in [3.63, 3.8) is 0 Å². The predicted molar refractivity (Wildman–Crippen MR) is 103 cm³/mol. The van der Waals surface area contributed by atoms with E-state index in [-0.39, 0.29) is 12.5 Å². The van der Waals surface area contributed by atoms with Crippen LogP contribution >= 0.6 is 15.9 Å². The fourth-order valence-corrected chi connectivity index (χ4v) is 2.34. The number of benzene rings is 2. The van der Waals surface area contributed by atoms with Crippen LogP contribution in [-0.2, 0) is 14.3 Å². The number of hydrogen-bond donors (Lipinski definition) is 2. The standard InChI is InChI=1S/C19H17BrN2O5/c1-12(23)22-16-8-4-13(5-9-16)17(24)11-27-18(25)10-21-19(26)14-2-6-15(20)7-3-14/h2-9H,10-11H2,1H3,(H,21,26)(H,22,23). The van der Waals surface area contributed by atoms with Crippen molar-refractivity contribution in [3.8, 4) is 0 Å². The summed E-state index contributed by atoms with van der Waals surface area (Å²) in [6.07, 6.45) is 0. The Morgan fingerprint density at radius 1 is 0.926 bits per heavy atom. The zero-order valence-corrected chi connectivity index (χ0v) is 16.0. The van der Waals surface area contributed by atoms with Crippen LogP contribution in [0.4, 0.5) is 5.69 Å². The average molecular weight is 433 g/mol. The fourth-order valence-electron chi connectivity index (χ4n) is 2.08. The van der Waals surface area contributed by atoms with Crippen molar-refractivity contribution in [1.82, 2.24) is 5.32 Å². The van der Waals surface area contributed by atoms with Gasteiger partial charge in [0.15, 0.2) is 12.4 Å². The number of esters is 1. The molecule has 0 bridgehead atoms. The van der Waals surface area contributed by atoms with E-state index in [0.717, 1.165) is 4.47 Å². The van der Waals surface area contributed by atoms with E-state index in [9.17, 15) is 19.2 Å². The molecule has 0 fully saturated rings. The number of carbonyl (C=O) groups excluding carboxylic acids is 4. The SMILES string of the molecule is CC(=O)Nc1ccc(C(=O)COC(=O)CNC(=O)c2ccc(Br)cc2)cc1. The Labute approximate surface area is 164 Å². The van der Waals surface area contributed by atoms with Gasteiger partial charge in [0.2, 0.25) is 5.91 Å². The first-order chi connectivity index (χ1) is 12.8. The number of halogens is 1. The van der Waals surface area contributed by atoms with Gasteiger partial charge in [-0.15, -0.1) is 0 Å². The number of hydrogen-bond acceptors (Lipinski definition) is 5. The van der Waals surface area contributed by atoms with Crippen LogP contribution in [0.5, 0.6) is 0 Å². The summed E-state index contributed by atoms with van der Waals surface area (Å²) in [6.45, 7) is 0.601. The quantitative estimate of drug-likeness (QED) is 0.516. The lowest BCUT2D eigenvalue weighted by atomic mass is 10.1. The molecule has 0 aliphatic carbocycles. The van der Waals surface area contributed by atoms with Gasteiger partial charge in [0.25, 0.3) is 5.91 Å². The van der Waals surface area contributed by atoms with Gasteiger partial charge in [0.05, 0.1) is 0 Å². The summed E-state index contributed by atoms with van der Waals surface area (Å²) in [5.41, 5.74) is 1.31. The highest BCUT2D eigenvalue weighted by atomic mass is 79.9. The fraction of sp³-hybridized carbons (Fsp3) is 0.158. The van der Waals surface area contributed by atoms with Gasteiger partial charge < -0.3 is 15.4 Å². The normalized spacial score (nSPS) is 10.0. The molecule has 2 aromatic carbocycles. The highest BCUT2D eigenvalue weighted by molar-refractivity contribution is 9.10. The Morgan fingerprint density at radius 3 is 2.11 bits per heavy atom. The minimum absolute atomic E-state index is 0.215. The Kier molecular flexibility index (Phi) is 7.25. The summed E-state index contributed by atoms with van der Waals surface area (Å²) in [5.74, 6) is -1.74. The van der Waals surface area contributed by atoms with E-state index in [1.807, 2.05) is 0 Å². The molecule has 0 unspecified atom stereocenters. The van der Waals surface area contributed by atoms with Crippen LogP contribution < -0.4 is 10.6 Å². The van der Waals surface area contributed by atoms with Gasteiger partial charge in [0, 0.05) is 28.2 Å². The lowest BCUT2D eigenvalue weighted by Gasteiger charge is -2.07. The Balaban J connectivity index is 1.77. The number of rotatable bonds is 7. The van der Waals surface area contributed by atoms with Crippen molar-refractivity contribution in [2.24, 2.45) is 0 Å². The number of ether oxygens (including phenoxy) is 1. The number of nitrogens with one attached hydrogen (secondary N) is 2. The van der Waals surface area contributed by atoms with E-state index in [0.29, 0.717) is 16.8 Å². The van der Waals surface area contributed by atoms with Gasteiger partial charge >= 0.3 is 5.97 Å². The van der Waals surface area contributed by atoms with Crippen molar-refractivity contribution < 1.29 is 23.9 Å². The van der Waals surface area contributed by atoms with Gasteiger partial charge in [0.1, 0.15) is 6.54 Å². The second-order valence-electron chi connectivity index (χ2n) is 5.53. The van der Waals surface area contributed by atoms with E-state index in [4.69, 9.17) is 4.74 Å². The summed E-state index contributed by atoms with van der Waals surface area (Å²) >= 11 is 3.27. The van der Waals surface area contributed by atoms with Crippen LogP contribution in [0.1, 0.15) is 27.6 Å². The molecule has 0 radical (unpaired) electrons. The summed E-state index contributed by atoms with van der Waals surface area (Å²) in [7, 11) is 0. The van der Waals surface area contributed by atoms with Gasteiger partial charge in [-0.05, 0) is 48.5 Å². The zero-order valence-electron chi connectivity index (χ0n) is 14.5. The summed E-state index contributed by atoms with van der Waals surface area (Å²) in [5, 5.41) is 5.01. The highest BCUT2D eigenvalue weighted by Crippen LogP contribution is 2.11.